The summed E-state index contributed by atoms with van der Waals surface area (Å²) in [5, 5.41) is 21.4. The predicted octanol–water partition coefficient (Wildman–Crippen LogP) is 2.06. The number of aromatic nitrogens is 3. The lowest BCUT2D eigenvalue weighted by Crippen LogP contribution is -2.23. The van der Waals surface area contributed by atoms with Crippen molar-refractivity contribution in [3.05, 3.63) is 45.9 Å². The molecule has 0 bridgehead atoms. The Morgan fingerprint density at radius 1 is 1.48 bits per heavy atom. The second-order valence-corrected chi connectivity index (χ2v) is 5.87. The summed E-state index contributed by atoms with van der Waals surface area (Å²) in [6.45, 7) is 2.34. The lowest BCUT2D eigenvalue weighted by molar-refractivity contribution is 0.150. The van der Waals surface area contributed by atoms with Crippen LogP contribution in [0, 0.1) is 5.82 Å². The van der Waals surface area contributed by atoms with Gasteiger partial charge in [0.1, 0.15) is 5.82 Å². The zero-order chi connectivity index (χ0) is 15.4. The topological polar surface area (TPSA) is 63.0 Å². The van der Waals surface area contributed by atoms with Gasteiger partial charge in [-0.05, 0) is 47.6 Å². The molecule has 7 heteroatoms. The summed E-state index contributed by atoms with van der Waals surface area (Å²) in [6.07, 6.45) is 1.82. The van der Waals surface area contributed by atoms with E-state index in [2.05, 4.69) is 38.5 Å². The first-order chi connectivity index (χ1) is 9.99. The van der Waals surface area contributed by atoms with Crippen LogP contribution in [0.4, 0.5) is 4.39 Å². The van der Waals surface area contributed by atoms with Crippen molar-refractivity contribution in [3.63, 3.8) is 0 Å². The lowest BCUT2D eigenvalue weighted by atomic mass is 10.1. The molecule has 1 aromatic heterocycles. The summed E-state index contributed by atoms with van der Waals surface area (Å²) in [5.41, 5.74) is 1.49. The van der Waals surface area contributed by atoms with Gasteiger partial charge in [0.2, 0.25) is 0 Å². The average molecular weight is 357 g/mol. The third-order valence-corrected chi connectivity index (χ3v) is 3.89. The van der Waals surface area contributed by atoms with Gasteiger partial charge in [-0.2, -0.15) is 0 Å². The van der Waals surface area contributed by atoms with E-state index in [4.69, 9.17) is 0 Å². The molecule has 1 heterocycles. The fourth-order valence-electron chi connectivity index (χ4n) is 1.94. The Hall–Kier alpha value is -1.31. The van der Waals surface area contributed by atoms with Crippen molar-refractivity contribution in [2.45, 2.75) is 32.0 Å². The van der Waals surface area contributed by atoms with Gasteiger partial charge in [-0.3, -0.25) is 0 Å². The quantitative estimate of drug-likeness (QED) is 0.831. The number of nitrogens with one attached hydrogen (secondary N) is 1. The molecule has 0 amide bonds. The summed E-state index contributed by atoms with van der Waals surface area (Å²) < 4.78 is 15.1. The van der Waals surface area contributed by atoms with Crippen molar-refractivity contribution >= 4 is 15.9 Å². The smallest absolute Gasteiger partial charge is 0.137 e. The minimum absolute atomic E-state index is 0.277. The Labute approximate surface area is 131 Å². The zero-order valence-corrected chi connectivity index (χ0v) is 13.5. The summed E-state index contributed by atoms with van der Waals surface area (Å²) in [6, 6.07) is 4.77. The van der Waals surface area contributed by atoms with Crippen LogP contribution >= 0.6 is 15.9 Å². The highest BCUT2D eigenvalue weighted by Gasteiger charge is 2.12. The molecule has 21 heavy (non-hydrogen) atoms. The zero-order valence-electron chi connectivity index (χ0n) is 11.9. The van der Waals surface area contributed by atoms with Crippen LogP contribution in [-0.2, 0) is 13.0 Å². The van der Waals surface area contributed by atoms with E-state index in [1.165, 1.54) is 6.07 Å². The van der Waals surface area contributed by atoms with Crippen LogP contribution in [-0.4, -0.2) is 33.2 Å². The van der Waals surface area contributed by atoms with Gasteiger partial charge in [-0.15, -0.1) is 5.10 Å². The maximum absolute atomic E-state index is 13.2. The van der Waals surface area contributed by atoms with Crippen molar-refractivity contribution in [1.82, 2.24) is 20.3 Å². The minimum atomic E-state index is -0.766. The number of aliphatic hydroxyl groups excluding tert-OH is 1. The Kier molecular flexibility index (Phi) is 5.44. The first-order valence-corrected chi connectivity index (χ1v) is 7.48. The molecule has 2 N–H and O–H groups in total. The third kappa shape index (κ3) is 4.33. The Morgan fingerprint density at radius 2 is 2.24 bits per heavy atom. The van der Waals surface area contributed by atoms with Crippen molar-refractivity contribution in [2.24, 2.45) is 0 Å². The molecular weight excluding hydrogens is 339 g/mol. The van der Waals surface area contributed by atoms with E-state index in [0.29, 0.717) is 16.1 Å². The van der Waals surface area contributed by atoms with Crippen LogP contribution in [0.5, 0.6) is 0 Å². The van der Waals surface area contributed by atoms with Gasteiger partial charge in [0, 0.05) is 18.7 Å². The van der Waals surface area contributed by atoms with Gasteiger partial charge in [0.15, 0.2) is 0 Å². The minimum Gasteiger partial charge on any atom is -0.386 e. The predicted molar refractivity (Wildman–Crippen MR) is 81.3 cm³/mol. The molecule has 0 aliphatic rings. The first kappa shape index (κ1) is 16.1. The third-order valence-electron chi connectivity index (χ3n) is 3.28. The van der Waals surface area contributed by atoms with Crippen LogP contribution in [0.3, 0.4) is 0 Å². The highest BCUT2D eigenvalue weighted by Crippen LogP contribution is 2.22. The molecule has 0 saturated carbocycles. The number of likely N-dealkylation sites (N-methyl/N-ethyl adjacent to an activating group) is 1. The summed E-state index contributed by atoms with van der Waals surface area (Å²) in [5.74, 6) is -0.352. The van der Waals surface area contributed by atoms with Crippen LogP contribution in [0.25, 0.3) is 0 Å². The fourth-order valence-corrected chi connectivity index (χ4v) is 2.34. The largest absolute Gasteiger partial charge is 0.386 e. The highest BCUT2D eigenvalue weighted by molar-refractivity contribution is 9.10. The van der Waals surface area contributed by atoms with Gasteiger partial charge in [0.05, 0.1) is 22.8 Å². The van der Waals surface area contributed by atoms with Crippen LogP contribution in [0.1, 0.15) is 24.3 Å². The average Bonchev–Trinajstić information content (AvgIpc) is 2.88. The molecule has 1 aromatic carbocycles. The number of hydrogen-bond acceptors (Lipinski definition) is 4. The van der Waals surface area contributed by atoms with E-state index in [0.717, 1.165) is 12.1 Å². The number of benzene rings is 1. The highest BCUT2D eigenvalue weighted by atomic mass is 79.9. The second-order valence-electron chi connectivity index (χ2n) is 5.02. The molecule has 2 unspecified atom stereocenters. The van der Waals surface area contributed by atoms with E-state index < -0.39 is 6.10 Å². The van der Waals surface area contributed by atoms with Crippen molar-refractivity contribution in [1.29, 1.82) is 0 Å². The molecule has 2 aromatic rings. The van der Waals surface area contributed by atoms with Crippen molar-refractivity contribution < 1.29 is 9.50 Å². The molecule has 2 rings (SSSR count). The van der Waals surface area contributed by atoms with Crippen LogP contribution in [0.15, 0.2) is 28.9 Å². The first-order valence-electron chi connectivity index (χ1n) is 6.69. The Balaban J connectivity index is 2.02. The normalized spacial score (nSPS) is 14.1. The van der Waals surface area contributed by atoms with E-state index >= 15 is 0 Å². The summed E-state index contributed by atoms with van der Waals surface area (Å²) in [7, 11) is 1.89. The van der Waals surface area contributed by atoms with Gasteiger partial charge >= 0.3 is 0 Å². The number of hydrogen-bond donors (Lipinski definition) is 2. The van der Waals surface area contributed by atoms with E-state index in [9.17, 15) is 9.50 Å². The Bertz CT molecular complexity index is 604. The summed E-state index contributed by atoms with van der Waals surface area (Å²) >= 11 is 3.11. The molecule has 0 radical (unpaired) electrons. The SMILES string of the molecule is CNC(C)Cc1cn(CC(O)c2ccc(F)c(Br)c2)nn1. The summed E-state index contributed by atoms with van der Waals surface area (Å²) in [4.78, 5) is 0. The number of aliphatic hydroxyl groups is 1. The second kappa shape index (κ2) is 7.11. The molecule has 0 spiro atoms. The lowest BCUT2D eigenvalue weighted by Gasteiger charge is -2.11. The van der Waals surface area contributed by atoms with Crippen molar-refractivity contribution in [3.8, 4) is 0 Å². The van der Waals surface area contributed by atoms with E-state index in [-0.39, 0.29) is 12.4 Å². The molecule has 0 saturated heterocycles. The molecule has 114 valence electrons. The molecule has 0 fully saturated rings. The maximum atomic E-state index is 13.2. The van der Waals surface area contributed by atoms with Crippen LogP contribution < -0.4 is 5.32 Å². The fraction of sp³-hybridized carbons (Fsp3) is 0.429. The van der Waals surface area contributed by atoms with Gasteiger partial charge in [0.25, 0.3) is 0 Å². The van der Waals surface area contributed by atoms with Gasteiger partial charge in [-0.1, -0.05) is 11.3 Å². The van der Waals surface area contributed by atoms with Gasteiger partial charge < -0.3 is 10.4 Å². The number of halogens is 2. The van der Waals surface area contributed by atoms with E-state index in [1.54, 1.807) is 16.8 Å². The van der Waals surface area contributed by atoms with Gasteiger partial charge in [-0.25, -0.2) is 9.07 Å². The monoisotopic (exact) mass is 356 g/mol. The standard InChI is InChI=1S/C14H18BrFN4O/c1-9(17-2)5-11-7-20(19-18-11)8-14(21)10-3-4-13(16)12(15)6-10/h3-4,6-7,9,14,17,21H,5,8H2,1-2H3. The van der Waals surface area contributed by atoms with Crippen molar-refractivity contribution in [2.75, 3.05) is 7.05 Å². The van der Waals surface area contributed by atoms with E-state index in [1.807, 2.05) is 13.2 Å². The van der Waals surface area contributed by atoms with Crippen LogP contribution in [0.2, 0.25) is 0 Å². The number of nitrogens with zero attached hydrogens (tertiary/aromatic N) is 3. The number of rotatable bonds is 6. The molecule has 0 aliphatic carbocycles. The molecule has 2 atom stereocenters. The maximum Gasteiger partial charge on any atom is 0.137 e. The molecule has 5 nitrogen and oxygen atoms in total. The molecular formula is C14H18BrFN4O. The Morgan fingerprint density at radius 3 is 2.90 bits per heavy atom. The molecule has 0 aliphatic heterocycles.